The number of thioether (sulfide) groups is 1. The van der Waals surface area contributed by atoms with Gasteiger partial charge in [-0.1, -0.05) is 17.7 Å². The number of aryl methyl sites for hydroxylation is 1. The number of carbonyl (C=O) groups is 1. The fraction of sp³-hybridized carbons (Fsp3) is 0.412. The molecule has 122 valence electrons. The maximum Gasteiger partial charge on any atom is 0.271 e. The molecule has 1 saturated heterocycles. The lowest BCUT2D eigenvalue weighted by molar-refractivity contribution is 0.0782. The number of benzene rings is 1. The van der Waals surface area contributed by atoms with Gasteiger partial charge in [-0.3, -0.25) is 14.7 Å². The van der Waals surface area contributed by atoms with Crippen LogP contribution in [0.3, 0.4) is 0 Å². The standard InChI is InChI=1S/C17H21N3O2S/c1-12-3-5-14(6-4-12)20-16(21)9-15(18-20)17(22)19-8-7-13(10-19)11-23-2/h3-6,9,13,18H,7-8,10-11H2,1-2H3/t13-/m0/s1. The second kappa shape index (κ2) is 6.66. The summed E-state index contributed by atoms with van der Waals surface area (Å²) in [5.41, 5.74) is 2.01. The molecule has 1 fully saturated rings. The smallest absolute Gasteiger partial charge is 0.271 e. The van der Waals surface area contributed by atoms with E-state index in [-0.39, 0.29) is 11.5 Å². The number of carbonyl (C=O) groups excluding carboxylic acids is 1. The van der Waals surface area contributed by atoms with E-state index in [1.807, 2.05) is 47.9 Å². The predicted octanol–water partition coefficient (Wildman–Crippen LogP) is 2.30. The zero-order valence-electron chi connectivity index (χ0n) is 13.4. The van der Waals surface area contributed by atoms with E-state index in [0.717, 1.165) is 36.5 Å². The van der Waals surface area contributed by atoms with Gasteiger partial charge in [0.2, 0.25) is 0 Å². The molecule has 0 aliphatic carbocycles. The minimum absolute atomic E-state index is 0.0865. The molecular weight excluding hydrogens is 310 g/mol. The third kappa shape index (κ3) is 3.37. The number of hydrogen-bond acceptors (Lipinski definition) is 3. The van der Waals surface area contributed by atoms with Crippen LogP contribution >= 0.6 is 11.8 Å². The summed E-state index contributed by atoms with van der Waals surface area (Å²) in [6.07, 6.45) is 3.12. The molecule has 1 aliphatic rings. The van der Waals surface area contributed by atoms with E-state index in [1.165, 1.54) is 10.7 Å². The molecule has 0 unspecified atom stereocenters. The third-order valence-corrected chi connectivity index (χ3v) is 5.02. The molecule has 1 aromatic heterocycles. The van der Waals surface area contributed by atoms with E-state index >= 15 is 0 Å². The highest BCUT2D eigenvalue weighted by molar-refractivity contribution is 7.98. The van der Waals surface area contributed by atoms with Crippen LogP contribution < -0.4 is 5.56 Å². The van der Waals surface area contributed by atoms with Crippen LogP contribution in [-0.2, 0) is 0 Å². The molecule has 23 heavy (non-hydrogen) atoms. The average Bonchev–Trinajstić information content (AvgIpc) is 3.15. The van der Waals surface area contributed by atoms with Crippen molar-refractivity contribution in [1.82, 2.24) is 14.7 Å². The number of hydrogen-bond donors (Lipinski definition) is 1. The summed E-state index contributed by atoms with van der Waals surface area (Å²) in [6, 6.07) is 9.01. The lowest BCUT2D eigenvalue weighted by atomic mass is 10.2. The molecule has 0 spiro atoms. The molecular formula is C17H21N3O2S. The molecule has 0 saturated carbocycles. The topological polar surface area (TPSA) is 58.1 Å². The fourth-order valence-electron chi connectivity index (χ4n) is 2.95. The van der Waals surface area contributed by atoms with Gasteiger partial charge < -0.3 is 4.90 Å². The first-order chi connectivity index (χ1) is 11.1. The van der Waals surface area contributed by atoms with Crippen LogP contribution in [0.1, 0.15) is 22.5 Å². The van der Waals surface area contributed by atoms with Gasteiger partial charge in [-0.2, -0.15) is 11.8 Å². The predicted molar refractivity (Wildman–Crippen MR) is 93.5 cm³/mol. The van der Waals surface area contributed by atoms with Crippen LogP contribution in [-0.4, -0.2) is 45.7 Å². The van der Waals surface area contributed by atoms with Gasteiger partial charge in [-0.25, -0.2) is 4.68 Å². The SMILES string of the molecule is CSC[C@H]1CCN(C(=O)c2cc(=O)n(-c3ccc(C)cc3)[nH]2)C1. The summed E-state index contributed by atoms with van der Waals surface area (Å²) in [4.78, 5) is 26.6. The Morgan fingerprint density at radius 1 is 1.35 bits per heavy atom. The van der Waals surface area contributed by atoms with Crippen LogP contribution in [0.4, 0.5) is 0 Å². The lowest BCUT2D eigenvalue weighted by Gasteiger charge is -2.15. The normalized spacial score (nSPS) is 17.7. The largest absolute Gasteiger partial charge is 0.337 e. The van der Waals surface area contributed by atoms with Gasteiger partial charge in [-0.15, -0.1) is 0 Å². The zero-order valence-corrected chi connectivity index (χ0v) is 14.2. The Bertz CT molecular complexity index is 748. The maximum absolute atomic E-state index is 12.6. The highest BCUT2D eigenvalue weighted by Gasteiger charge is 2.27. The fourth-order valence-corrected chi connectivity index (χ4v) is 3.69. The molecule has 3 rings (SSSR count). The van der Waals surface area contributed by atoms with Crippen molar-refractivity contribution in [3.63, 3.8) is 0 Å². The lowest BCUT2D eigenvalue weighted by Crippen LogP contribution is -2.29. The van der Waals surface area contributed by atoms with Crippen molar-refractivity contribution in [3.8, 4) is 5.69 Å². The number of aromatic amines is 1. The first kappa shape index (κ1) is 15.9. The highest BCUT2D eigenvalue weighted by Crippen LogP contribution is 2.21. The monoisotopic (exact) mass is 331 g/mol. The minimum atomic E-state index is -0.211. The Hall–Kier alpha value is -1.95. The molecule has 0 bridgehead atoms. The number of rotatable bonds is 4. The summed E-state index contributed by atoms with van der Waals surface area (Å²) in [6.45, 7) is 3.54. The second-order valence-electron chi connectivity index (χ2n) is 6.04. The summed E-state index contributed by atoms with van der Waals surface area (Å²) in [7, 11) is 0. The first-order valence-corrected chi connectivity index (χ1v) is 9.15. The molecule has 2 aromatic rings. The van der Waals surface area contributed by atoms with E-state index in [4.69, 9.17) is 0 Å². The number of aromatic nitrogens is 2. The maximum atomic E-state index is 12.6. The van der Waals surface area contributed by atoms with Gasteiger partial charge in [-0.05, 0) is 43.4 Å². The Morgan fingerprint density at radius 2 is 2.09 bits per heavy atom. The van der Waals surface area contributed by atoms with E-state index in [0.29, 0.717) is 11.6 Å². The molecule has 1 N–H and O–H groups in total. The van der Waals surface area contributed by atoms with Gasteiger partial charge in [0.25, 0.3) is 11.5 Å². The molecule has 1 atom stereocenters. The summed E-state index contributed by atoms with van der Waals surface area (Å²) in [5.74, 6) is 1.54. The second-order valence-corrected chi connectivity index (χ2v) is 6.95. The van der Waals surface area contributed by atoms with Crippen LogP contribution in [0.15, 0.2) is 35.1 Å². The number of H-pyrrole nitrogens is 1. The van der Waals surface area contributed by atoms with Gasteiger partial charge >= 0.3 is 0 Å². The van der Waals surface area contributed by atoms with Crippen LogP contribution in [0, 0.1) is 12.8 Å². The molecule has 5 nitrogen and oxygen atoms in total. The molecule has 6 heteroatoms. The Balaban J connectivity index is 1.79. The molecule has 2 heterocycles. The Kier molecular flexibility index (Phi) is 4.61. The van der Waals surface area contributed by atoms with Gasteiger partial charge in [0.1, 0.15) is 5.69 Å². The molecule has 1 amide bonds. The van der Waals surface area contributed by atoms with Gasteiger partial charge in [0.15, 0.2) is 0 Å². The number of nitrogens with zero attached hydrogens (tertiary/aromatic N) is 2. The van der Waals surface area contributed by atoms with E-state index in [1.54, 1.807) is 0 Å². The number of nitrogens with one attached hydrogen (secondary N) is 1. The highest BCUT2D eigenvalue weighted by atomic mass is 32.2. The van der Waals surface area contributed by atoms with Crippen molar-refractivity contribution in [3.05, 3.63) is 51.9 Å². The van der Waals surface area contributed by atoms with Crippen molar-refractivity contribution in [1.29, 1.82) is 0 Å². The number of likely N-dealkylation sites (tertiary alicyclic amines) is 1. The van der Waals surface area contributed by atoms with Crippen LogP contribution in [0.5, 0.6) is 0 Å². The van der Waals surface area contributed by atoms with Crippen molar-refractivity contribution in [2.24, 2.45) is 5.92 Å². The van der Waals surface area contributed by atoms with Crippen LogP contribution in [0.25, 0.3) is 5.69 Å². The van der Waals surface area contributed by atoms with Crippen molar-refractivity contribution >= 4 is 17.7 Å². The molecule has 0 radical (unpaired) electrons. The summed E-state index contributed by atoms with van der Waals surface area (Å²) in [5, 5.41) is 2.95. The van der Waals surface area contributed by atoms with Crippen LogP contribution in [0.2, 0.25) is 0 Å². The summed E-state index contributed by atoms with van der Waals surface area (Å²) < 4.78 is 1.42. The molecule has 1 aromatic carbocycles. The van der Waals surface area contributed by atoms with Crippen molar-refractivity contribution in [2.45, 2.75) is 13.3 Å². The van der Waals surface area contributed by atoms with Gasteiger partial charge in [0.05, 0.1) is 5.69 Å². The Morgan fingerprint density at radius 3 is 2.78 bits per heavy atom. The van der Waals surface area contributed by atoms with E-state index < -0.39 is 0 Å². The van der Waals surface area contributed by atoms with Crippen molar-refractivity contribution < 1.29 is 4.79 Å². The Labute approximate surface area is 139 Å². The summed E-state index contributed by atoms with van der Waals surface area (Å²) >= 11 is 1.81. The average molecular weight is 331 g/mol. The third-order valence-electron chi connectivity index (χ3n) is 4.22. The number of amides is 1. The van der Waals surface area contributed by atoms with E-state index in [9.17, 15) is 9.59 Å². The van der Waals surface area contributed by atoms with Crippen molar-refractivity contribution in [2.75, 3.05) is 25.1 Å². The molecule has 1 aliphatic heterocycles. The quantitative estimate of drug-likeness (QED) is 0.935. The minimum Gasteiger partial charge on any atom is -0.337 e. The first-order valence-electron chi connectivity index (χ1n) is 7.76. The van der Waals surface area contributed by atoms with E-state index in [2.05, 4.69) is 11.4 Å². The zero-order chi connectivity index (χ0) is 16.4. The van der Waals surface area contributed by atoms with Gasteiger partial charge in [0, 0.05) is 19.2 Å².